The van der Waals surface area contributed by atoms with Crippen LogP contribution in [0.1, 0.15) is 5.69 Å². The highest BCUT2D eigenvalue weighted by atomic mass is 35.7. The number of pyridine rings is 2. The SMILES string of the molecule is Cc1cc(-c2ccccc2)cc2c3ccccc3cc[n+]12.[O-][Cl+3]([O-])([O-])[O-]. The number of fused-ring (bicyclic) bond motifs is 3. The molecule has 132 valence electrons. The van der Waals surface area contributed by atoms with Gasteiger partial charge in [0.15, 0.2) is 11.9 Å². The highest BCUT2D eigenvalue weighted by molar-refractivity contribution is 5.94. The molecule has 5 nitrogen and oxygen atoms in total. The molecule has 0 atom stereocenters. The summed E-state index contributed by atoms with van der Waals surface area (Å²) < 4.78 is 36.2. The largest absolute Gasteiger partial charge is 0.222 e. The monoisotopic (exact) mass is 369 g/mol. The van der Waals surface area contributed by atoms with Gasteiger partial charge in [0.25, 0.3) is 0 Å². The van der Waals surface area contributed by atoms with Crippen LogP contribution in [0.2, 0.25) is 0 Å². The molecule has 0 saturated heterocycles. The first-order valence-corrected chi connectivity index (χ1v) is 9.07. The van der Waals surface area contributed by atoms with Crippen molar-refractivity contribution in [3.8, 4) is 11.1 Å². The summed E-state index contributed by atoms with van der Waals surface area (Å²) in [6.07, 6.45) is 2.15. The van der Waals surface area contributed by atoms with E-state index in [1.807, 2.05) is 0 Å². The lowest BCUT2D eigenvalue weighted by Gasteiger charge is -2.17. The first kappa shape index (κ1) is 18.3. The molecule has 0 spiro atoms. The minimum atomic E-state index is -4.94. The third kappa shape index (κ3) is 4.35. The van der Waals surface area contributed by atoms with Gasteiger partial charge in [0.2, 0.25) is 5.52 Å². The van der Waals surface area contributed by atoms with Gasteiger partial charge in [-0.15, -0.1) is 10.2 Å². The fourth-order valence-electron chi connectivity index (χ4n) is 2.98. The average molecular weight is 370 g/mol. The van der Waals surface area contributed by atoms with E-state index in [0.29, 0.717) is 0 Å². The highest BCUT2D eigenvalue weighted by Crippen LogP contribution is 2.24. The van der Waals surface area contributed by atoms with Crippen molar-refractivity contribution in [2.45, 2.75) is 6.92 Å². The van der Waals surface area contributed by atoms with E-state index in [9.17, 15) is 0 Å². The Kier molecular flexibility index (Phi) is 5.18. The molecular weight excluding hydrogens is 354 g/mol. The van der Waals surface area contributed by atoms with E-state index >= 15 is 0 Å². The summed E-state index contributed by atoms with van der Waals surface area (Å²) in [6.45, 7) is 2.16. The lowest BCUT2D eigenvalue weighted by Crippen LogP contribution is -2.68. The molecule has 0 fully saturated rings. The van der Waals surface area contributed by atoms with Gasteiger partial charge in [-0.2, -0.15) is 4.40 Å². The van der Waals surface area contributed by atoms with Crippen molar-refractivity contribution in [3.05, 3.63) is 84.7 Å². The summed E-state index contributed by atoms with van der Waals surface area (Å²) in [6, 6.07) is 25.8. The average Bonchev–Trinajstić information content (AvgIpc) is 2.61. The molecule has 0 bridgehead atoms. The molecule has 6 heteroatoms. The van der Waals surface area contributed by atoms with Gasteiger partial charge < -0.3 is 0 Å². The van der Waals surface area contributed by atoms with Crippen LogP contribution in [-0.4, -0.2) is 0 Å². The van der Waals surface area contributed by atoms with Crippen molar-refractivity contribution < 1.29 is 33.3 Å². The Morgan fingerprint density at radius 2 is 1.35 bits per heavy atom. The molecule has 0 aliphatic carbocycles. The Morgan fingerprint density at radius 1 is 0.731 bits per heavy atom. The number of benzene rings is 2. The molecule has 2 aromatic heterocycles. The van der Waals surface area contributed by atoms with Gasteiger partial charge in [0, 0.05) is 25.1 Å². The number of aryl methyl sites for hydroxylation is 1. The zero-order valence-corrected chi connectivity index (χ0v) is 14.7. The Labute approximate surface area is 152 Å². The van der Waals surface area contributed by atoms with Crippen molar-refractivity contribution >= 4 is 16.3 Å². The summed E-state index contributed by atoms with van der Waals surface area (Å²) in [4.78, 5) is 0. The summed E-state index contributed by atoms with van der Waals surface area (Å²) in [5, 5.41) is 2.57. The van der Waals surface area contributed by atoms with Crippen LogP contribution in [0.4, 0.5) is 0 Å². The Balaban J connectivity index is 0.000000349. The van der Waals surface area contributed by atoms with Crippen LogP contribution in [-0.2, 0) is 0 Å². The van der Waals surface area contributed by atoms with E-state index in [1.165, 1.54) is 33.1 Å². The van der Waals surface area contributed by atoms with Crippen LogP contribution < -0.4 is 23.0 Å². The molecule has 0 aliphatic rings. The van der Waals surface area contributed by atoms with E-state index in [4.69, 9.17) is 18.6 Å². The molecule has 0 saturated carbocycles. The topological polar surface area (TPSA) is 96.3 Å². The van der Waals surface area contributed by atoms with Gasteiger partial charge in [-0.3, -0.25) is 0 Å². The number of halogens is 1. The van der Waals surface area contributed by atoms with Gasteiger partial charge in [-0.25, -0.2) is 18.6 Å². The fraction of sp³-hybridized carbons (Fsp3) is 0.0500. The third-order valence-corrected chi connectivity index (χ3v) is 4.04. The summed E-state index contributed by atoms with van der Waals surface area (Å²) >= 11 is 0. The first-order chi connectivity index (χ1) is 12.3. The number of rotatable bonds is 1. The zero-order valence-electron chi connectivity index (χ0n) is 14.0. The number of hydrogen-bond donors (Lipinski definition) is 0. The standard InChI is InChI=1S/C20H16N.ClHO4/c1-15-13-18(16-7-3-2-4-8-16)14-20-19-10-6-5-9-17(19)11-12-21(15)20;2-1(3,4)5/h2-14H,1H3;(H,2,3,4,5)/q+1;/p-1. The maximum absolute atomic E-state index is 8.49. The molecule has 0 radical (unpaired) electrons. The van der Waals surface area contributed by atoms with Crippen LogP contribution in [0.25, 0.3) is 27.4 Å². The van der Waals surface area contributed by atoms with E-state index < -0.39 is 10.2 Å². The second-order valence-corrected chi connectivity index (χ2v) is 6.54. The molecule has 0 unspecified atom stereocenters. The smallest absolute Gasteiger partial charge is 0.219 e. The molecule has 2 heterocycles. The molecule has 2 aromatic carbocycles. The predicted molar refractivity (Wildman–Crippen MR) is 87.3 cm³/mol. The van der Waals surface area contributed by atoms with Crippen LogP contribution in [0.5, 0.6) is 0 Å². The van der Waals surface area contributed by atoms with Crippen LogP contribution >= 0.6 is 0 Å². The van der Waals surface area contributed by atoms with Crippen molar-refractivity contribution in [1.82, 2.24) is 0 Å². The highest BCUT2D eigenvalue weighted by Gasteiger charge is 2.13. The van der Waals surface area contributed by atoms with Gasteiger partial charge in [-0.05, 0) is 22.6 Å². The summed E-state index contributed by atoms with van der Waals surface area (Å²) in [7, 11) is -4.94. The maximum Gasteiger partial charge on any atom is 0.219 e. The Hall–Kier alpha value is -2.54. The van der Waals surface area contributed by atoms with Gasteiger partial charge >= 0.3 is 0 Å². The van der Waals surface area contributed by atoms with Crippen LogP contribution in [0, 0.1) is 17.2 Å². The second kappa shape index (κ2) is 7.37. The molecule has 4 rings (SSSR count). The minimum Gasteiger partial charge on any atom is -0.222 e. The lowest BCUT2D eigenvalue weighted by atomic mass is 10.0. The van der Waals surface area contributed by atoms with Crippen LogP contribution in [0.3, 0.4) is 0 Å². The van der Waals surface area contributed by atoms with Gasteiger partial charge in [0.05, 0.1) is 5.39 Å². The predicted octanol–water partition coefficient (Wildman–Crippen LogP) is -0.202. The maximum atomic E-state index is 8.49. The van der Waals surface area contributed by atoms with Crippen LogP contribution in [0.15, 0.2) is 79.0 Å². The number of aromatic nitrogens is 1. The first-order valence-electron chi connectivity index (χ1n) is 7.84. The zero-order chi connectivity index (χ0) is 18.7. The van der Waals surface area contributed by atoms with Crippen molar-refractivity contribution in [1.29, 1.82) is 0 Å². The van der Waals surface area contributed by atoms with E-state index in [2.05, 4.69) is 90.3 Å². The van der Waals surface area contributed by atoms with Crippen molar-refractivity contribution in [2.75, 3.05) is 0 Å². The second-order valence-electron chi connectivity index (χ2n) is 5.79. The molecule has 0 aliphatic heterocycles. The summed E-state index contributed by atoms with van der Waals surface area (Å²) in [5.41, 5.74) is 5.03. The number of nitrogens with zero attached hydrogens (tertiary/aromatic N) is 1. The molecular formula is C20H16ClNO4. The van der Waals surface area contributed by atoms with Crippen molar-refractivity contribution in [3.63, 3.8) is 0 Å². The van der Waals surface area contributed by atoms with E-state index in [1.54, 1.807) is 0 Å². The number of hydrogen-bond acceptors (Lipinski definition) is 4. The fourth-order valence-corrected chi connectivity index (χ4v) is 2.98. The molecule has 4 aromatic rings. The Bertz CT molecular complexity index is 1040. The van der Waals surface area contributed by atoms with E-state index in [-0.39, 0.29) is 0 Å². The Morgan fingerprint density at radius 3 is 2.04 bits per heavy atom. The molecule has 0 amide bonds. The normalized spacial score (nSPS) is 11.3. The minimum absolute atomic E-state index is 1.25. The summed E-state index contributed by atoms with van der Waals surface area (Å²) in [5.74, 6) is 0. The molecule has 26 heavy (non-hydrogen) atoms. The van der Waals surface area contributed by atoms with Gasteiger partial charge in [-0.1, -0.05) is 48.5 Å². The van der Waals surface area contributed by atoms with Gasteiger partial charge in [0.1, 0.15) is 0 Å². The quantitative estimate of drug-likeness (QED) is 0.343. The lowest BCUT2D eigenvalue weighted by molar-refractivity contribution is -2.00. The van der Waals surface area contributed by atoms with Crippen molar-refractivity contribution in [2.24, 2.45) is 0 Å². The van der Waals surface area contributed by atoms with E-state index in [0.717, 1.165) is 0 Å². The third-order valence-electron chi connectivity index (χ3n) is 4.04. The molecule has 0 N–H and O–H groups in total.